The van der Waals surface area contributed by atoms with Crippen molar-refractivity contribution in [3.63, 3.8) is 0 Å². The standard InChI is InChI=1S/C24H21ClN4O4/c25-16-9-7-15(8-10-16)17-12-19(20-6-3-11-32-20)29(27-17)23(30)14-28-13-22(24(26)31)33-21-5-2-1-4-18(21)28/h1-11,19,22H,12-14H2,(H2,26,31). The number of hydrogen-bond acceptors (Lipinski definition) is 6. The Morgan fingerprint density at radius 1 is 1.09 bits per heavy atom. The fraction of sp³-hybridized carbons (Fsp3) is 0.208. The third-order valence-electron chi connectivity index (χ3n) is 5.72. The SMILES string of the molecule is NC(=O)C1CN(CC(=O)N2N=C(c3ccc(Cl)cc3)CC2c2ccco2)c2ccccc2O1. The van der Waals surface area contributed by atoms with Crippen LogP contribution in [0, 0.1) is 0 Å². The summed E-state index contributed by atoms with van der Waals surface area (Å²) >= 11 is 6.02. The lowest BCUT2D eigenvalue weighted by Crippen LogP contribution is -2.50. The van der Waals surface area contributed by atoms with E-state index >= 15 is 0 Å². The van der Waals surface area contributed by atoms with E-state index in [4.69, 9.17) is 26.5 Å². The van der Waals surface area contributed by atoms with Crippen molar-refractivity contribution < 1.29 is 18.7 Å². The molecule has 8 nitrogen and oxygen atoms in total. The number of carbonyl (C=O) groups is 2. The molecule has 9 heteroatoms. The van der Waals surface area contributed by atoms with Crippen LogP contribution in [-0.4, -0.2) is 41.7 Å². The lowest BCUT2D eigenvalue weighted by atomic mass is 10.0. The van der Waals surface area contributed by atoms with Gasteiger partial charge in [-0.15, -0.1) is 0 Å². The number of ether oxygens (including phenoxy) is 1. The van der Waals surface area contributed by atoms with E-state index in [1.165, 1.54) is 5.01 Å². The minimum absolute atomic E-state index is 0.00123. The maximum Gasteiger partial charge on any atom is 0.262 e. The lowest BCUT2D eigenvalue weighted by molar-refractivity contribution is -0.132. The van der Waals surface area contributed by atoms with Gasteiger partial charge in [-0.05, 0) is 42.0 Å². The number of carbonyl (C=O) groups excluding carboxylic acids is 2. The summed E-state index contributed by atoms with van der Waals surface area (Å²) in [5, 5.41) is 6.73. The minimum Gasteiger partial charge on any atom is -0.477 e. The second-order valence-electron chi connectivity index (χ2n) is 7.88. The number of halogens is 1. The molecule has 2 amide bonds. The van der Waals surface area contributed by atoms with E-state index in [2.05, 4.69) is 5.10 Å². The number of rotatable bonds is 5. The molecule has 2 aromatic carbocycles. The van der Waals surface area contributed by atoms with Crippen LogP contribution in [0.15, 0.2) is 76.4 Å². The number of hydrogen-bond donors (Lipinski definition) is 1. The van der Waals surface area contributed by atoms with E-state index in [-0.39, 0.29) is 25.0 Å². The van der Waals surface area contributed by atoms with E-state index in [9.17, 15) is 9.59 Å². The van der Waals surface area contributed by atoms with Gasteiger partial charge in [0.1, 0.15) is 17.6 Å². The van der Waals surface area contributed by atoms with Crippen molar-refractivity contribution in [3.8, 4) is 5.75 Å². The smallest absolute Gasteiger partial charge is 0.262 e. The summed E-state index contributed by atoms with van der Waals surface area (Å²) in [6.07, 6.45) is 1.23. The molecule has 3 aromatic rings. The van der Waals surface area contributed by atoms with Gasteiger partial charge < -0.3 is 19.8 Å². The van der Waals surface area contributed by atoms with E-state index < -0.39 is 12.0 Å². The first kappa shape index (κ1) is 21.1. The van der Waals surface area contributed by atoms with Crippen molar-refractivity contribution in [2.24, 2.45) is 10.8 Å². The van der Waals surface area contributed by atoms with Crippen LogP contribution in [0.4, 0.5) is 5.69 Å². The van der Waals surface area contributed by atoms with Gasteiger partial charge in [-0.25, -0.2) is 5.01 Å². The molecule has 0 fully saturated rings. The number of nitrogens with zero attached hydrogens (tertiary/aromatic N) is 3. The summed E-state index contributed by atoms with van der Waals surface area (Å²) in [6, 6.07) is 17.8. The number of primary amides is 1. The number of furan rings is 1. The highest BCUT2D eigenvalue weighted by Crippen LogP contribution is 2.36. The summed E-state index contributed by atoms with van der Waals surface area (Å²) in [4.78, 5) is 27.1. The van der Waals surface area contributed by atoms with Crippen LogP contribution in [0.25, 0.3) is 0 Å². The lowest BCUT2D eigenvalue weighted by Gasteiger charge is -2.35. The second-order valence-corrected chi connectivity index (χ2v) is 8.32. The molecular formula is C24H21ClN4O4. The average Bonchev–Trinajstić information content (AvgIpc) is 3.49. The number of benzene rings is 2. The van der Waals surface area contributed by atoms with Gasteiger partial charge in [0.25, 0.3) is 11.8 Å². The second kappa shape index (κ2) is 8.63. The highest BCUT2D eigenvalue weighted by molar-refractivity contribution is 6.30. The molecular weight excluding hydrogens is 444 g/mol. The first-order valence-corrected chi connectivity index (χ1v) is 10.9. The molecule has 0 radical (unpaired) electrons. The summed E-state index contributed by atoms with van der Waals surface area (Å²) in [7, 11) is 0. The third-order valence-corrected chi connectivity index (χ3v) is 5.97. The molecule has 2 aliphatic rings. The van der Waals surface area contributed by atoms with Crippen molar-refractivity contribution in [1.29, 1.82) is 0 Å². The minimum atomic E-state index is -0.847. The van der Waals surface area contributed by atoms with Crippen LogP contribution < -0.4 is 15.4 Å². The fourth-order valence-corrected chi connectivity index (χ4v) is 4.23. The normalized spacial score (nSPS) is 19.6. The molecule has 2 aliphatic heterocycles. The van der Waals surface area contributed by atoms with Crippen molar-refractivity contribution in [2.75, 3.05) is 18.0 Å². The molecule has 2 atom stereocenters. The maximum atomic E-state index is 13.5. The Bertz CT molecular complexity index is 1210. The molecule has 2 N–H and O–H groups in total. The van der Waals surface area contributed by atoms with Crippen LogP contribution in [0.5, 0.6) is 5.75 Å². The van der Waals surface area contributed by atoms with Gasteiger partial charge in [-0.3, -0.25) is 9.59 Å². The zero-order chi connectivity index (χ0) is 22.9. The predicted octanol–water partition coefficient (Wildman–Crippen LogP) is 3.36. The Kier molecular flexibility index (Phi) is 5.51. The van der Waals surface area contributed by atoms with E-state index in [0.717, 1.165) is 17.0 Å². The summed E-state index contributed by atoms with van der Waals surface area (Å²) < 4.78 is 11.3. The van der Waals surface area contributed by atoms with Gasteiger partial charge in [-0.2, -0.15) is 5.10 Å². The van der Waals surface area contributed by atoms with Crippen molar-refractivity contribution >= 4 is 34.8 Å². The number of fused-ring (bicyclic) bond motifs is 1. The molecule has 0 bridgehead atoms. The van der Waals surface area contributed by atoms with E-state index in [0.29, 0.717) is 23.0 Å². The molecule has 0 saturated carbocycles. The van der Waals surface area contributed by atoms with Gasteiger partial charge in [0.15, 0.2) is 6.10 Å². The summed E-state index contributed by atoms with van der Waals surface area (Å²) in [5.41, 5.74) is 7.86. The van der Waals surface area contributed by atoms with Crippen LogP contribution in [0.2, 0.25) is 5.02 Å². The van der Waals surface area contributed by atoms with E-state index in [1.54, 1.807) is 41.5 Å². The number of para-hydroxylation sites is 2. The zero-order valence-electron chi connectivity index (χ0n) is 17.6. The maximum absolute atomic E-state index is 13.5. The number of nitrogens with two attached hydrogens (primary N) is 1. The largest absolute Gasteiger partial charge is 0.477 e. The number of amides is 2. The topological polar surface area (TPSA) is 101 Å². The average molecular weight is 465 g/mol. The predicted molar refractivity (Wildman–Crippen MR) is 123 cm³/mol. The van der Waals surface area contributed by atoms with Crippen molar-refractivity contribution in [2.45, 2.75) is 18.6 Å². The van der Waals surface area contributed by atoms with Gasteiger partial charge in [-0.1, -0.05) is 35.9 Å². The quantitative estimate of drug-likeness (QED) is 0.623. The molecule has 3 heterocycles. The van der Waals surface area contributed by atoms with Gasteiger partial charge in [0.05, 0.1) is 30.8 Å². The zero-order valence-corrected chi connectivity index (χ0v) is 18.3. The highest BCUT2D eigenvalue weighted by atomic mass is 35.5. The molecule has 5 rings (SSSR count). The number of anilines is 1. The summed E-state index contributed by atoms with van der Waals surface area (Å²) in [5.74, 6) is 0.336. The van der Waals surface area contributed by atoms with Crippen molar-refractivity contribution in [1.82, 2.24) is 5.01 Å². The van der Waals surface area contributed by atoms with Crippen molar-refractivity contribution in [3.05, 3.63) is 83.3 Å². The van der Waals surface area contributed by atoms with Gasteiger partial charge in [0.2, 0.25) is 0 Å². The highest BCUT2D eigenvalue weighted by Gasteiger charge is 2.37. The summed E-state index contributed by atoms with van der Waals surface area (Å²) in [6.45, 7) is 0.170. The Labute approximate surface area is 195 Å². The molecule has 33 heavy (non-hydrogen) atoms. The molecule has 168 valence electrons. The first-order chi connectivity index (χ1) is 16.0. The van der Waals surface area contributed by atoms with Gasteiger partial charge >= 0.3 is 0 Å². The Morgan fingerprint density at radius 3 is 2.61 bits per heavy atom. The van der Waals surface area contributed by atoms with Crippen LogP contribution >= 0.6 is 11.6 Å². The molecule has 0 spiro atoms. The van der Waals surface area contributed by atoms with Crippen LogP contribution in [0.1, 0.15) is 23.8 Å². The number of hydrazone groups is 1. The van der Waals surface area contributed by atoms with E-state index in [1.807, 2.05) is 30.3 Å². The Morgan fingerprint density at radius 2 is 1.88 bits per heavy atom. The third kappa shape index (κ3) is 4.17. The molecule has 0 aliphatic carbocycles. The van der Waals surface area contributed by atoms with Gasteiger partial charge in [0, 0.05) is 11.4 Å². The molecule has 0 saturated heterocycles. The Balaban J connectivity index is 1.44. The first-order valence-electron chi connectivity index (χ1n) is 10.5. The van der Waals surface area contributed by atoms with Crippen LogP contribution in [-0.2, 0) is 9.59 Å². The fourth-order valence-electron chi connectivity index (χ4n) is 4.10. The van der Waals surface area contributed by atoms with Crippen LogP contribution in [0.3, 0.4) is 0 Å². The monoisotopic (exact) mass is 464 g/mol. The Hall–Kier alpha value is -3.78. The molecule has 2 unspecified atom stereocenters. The molecule has 1 aromatic heterocycles.